The Kier molecular flexibility index (Phi) is 5.42. The third-order valence-electron chi connectivity index (χ3n) is 3.80. The van der Waals surface area contributed by atoms with Crippen LogP contribution in [-0.4, -0.2) is 25.0 Å². The third kappa shape index (κ3) is 4.09. The fourth-order valence-electron chi connectivity index (χ4n) is 2.49. The number of hydrogen-bond acceptors (Lipinski definition) is 5. The van der Waals surface area contributed by atoms with Crippen molar-refractivity contribution < 1.29 is 23.9 Å². The van der Waals surface area contributed by atoms with Crippen LogP contribution in [0.15, 0.2) is 48.0 Å². The van der Waals surface area contributed by atoms with Crippen molar-refractivity contribution in [3.8, 4) is 11.5 Å². The van der Waals surface area contributed by atoms with Crippen molar-refractivity contribution in [1.82, 2.24) is 10.6 Å². The summed E-state index contributed by atoms with van der Waals surface area (Å²) in [4.78, 5) is 35.1. The minimum atomic E-state index is -0.858. The van der Waals surface area contributed by atoms with Crippen LogP contribution in [0, 0.1) is 0 Å². The molecule has 0 spiro atoms. The van der Waals surface area contributed by atoms with Crippen LogP contribution in [0.4, 0.5) is 4.79 Å². The molecule has 2 N–H and O–H groups in total. The Balaban J connectivity index is 1.95. The number of carbonyl (C=O) groups excluding carboxylic acids is 3. The first-order valence-corrected chi connectivity index (χ1v) is 8.29. The fourth-order valence-corrected chi connectivity index (χ4v) is 2.68. The zero-order valence-corrected chi connectivity index (χ0v) is 15.0. The maximum absolute atomic E-state index is 12.0. The van der Waals surface area contributed by atoms with Gasteiger partial charge in [0.15, 0.2) is 11.5 Å². The average molecular weight is 387 g/mol. The van der Waals surface area contributed by atoms with Crippen molar-refractivity contribution in [2.24, 2.45) is 0 Å². The summed E-state index contributed by atoms with van der Waals surface area (Å²) >= 11 is 6.15. The van der Waals surface area contributed by atoms with Gasteiger partial charge in [0.2, 0.25) is 0 Å². The van der Waals surface area contributed by atoms with Crippen LogP contribution in [0.1, 0.15) is 11.1 Å². The Morgan fingerprint density at radius 2 is 1.70 bits per heavy atom. The predicted octanol–water partition coefficient (Wildman–Crippen LogP) is 2.68. The second-order valence-corrected chi connectivity index (χ2v) is 5.96. The zero-order chi connectivity index (χ0) is 19.4. The average Bonchev–Trinajstić information content (AvgIpc) is 2.64. The van der Waals surface area contributed by atoms with E-state index in [1.54, 1.807) is 24.3 Å². The summed E-state index contributed by atoms with van der Waals surface area (Å²) in [5.41, 5.74) is 0.990. The molecule has 1 aliphatic heterocycles. The number of halogens is 1. The van der Waals surface area contributed by atoms with E-state index >= 15 is 0 Å². The Morgan fingerprint density at radius 1 is 1.00 bits per heavy atom. The van der Waals surface area contributed by atoms with E-state index in [-0.39, 0.29) is 12.2 Å². The molecule has 27 heavy (non-hydrogen) atoms. The van der Waals surface area contributed by atoms with Gasteiger partial charge in [-0.15, -0.1) is 0 Å². The largest absolute Gasteiger partial charge is 0.493 e. The van der Waals surface area contributed by atoms with Crippen molar-refractivity contribution >= 4 is 35.5 Å². The normalized spacial score (nSPS) is 13.7. The maximum Gasteiger partial charge on any atom is 0.328 e. The van der Waals surface area contributed by atoms with Gasteiger partial charge in [0, 0.05) is 16.1 Å². The highest BCUT2D eigenvalue weighted by Crippen LogP contribution is 2.34. The number of para-hydroxylation sites is 1. The lowest BCUT2D eigenvalue weighted by Crippen LogP contribution is -2.51. The standard InChI is InChI=1S/C19H15ClN2O5/c1-26-15-8-4-6-11(9-13-17(23)21-19(25)22-18(13)24)16(15)27-10-12-5-2-3-7-14(12)20/h2-9H,10H2,1H3,(H2,21,22,23,24,25). The van der Waals surface area contributed by atoms with Gasteiger partial charge in [0.05, 0.1) is 7.11 Å². The Labute approximate surface area is 159 Å². The molecule has 2 aromatic rings. The number of barbiturate groups is 1. The number of ether oxygens (including phenoxy) is 2. The van der Waals surface area contributed by atoms with Gasteiger partial charge >= 0.3 is 6.03 Å². The molecule has 1 saturated heterocycles. The number of imide groups is 2. The first-order chi connectivity index (χ1) is 13.0. The zero-order valence-electron chi connectivity index (χ0n) is 14.2. The molecule has 0 radical (unpaired) electrons. The lowest BCUT2D eigenvalue weighted by atomic mass is 10.1. The van der Waals surface area contributed by atoms with Gasteiger partial charge in [-0.05, 0) is 18.2 Å². The molecule has 0 aliphatic carbocycles. The first kappa shape index (κ1) is 18.5. The first-order valence-electron chi connectivity index (χ1n) is 7.91. The molecule has 0 saturated carbocycles. The summed E-state index contributed by atoms with van der Waals surface area (Å²) in [6.07, 6.45) is 1.33. The molecular formula is C19H15ClN2O5. The molecule has 0 atom stereocenters. The topological polar surface area (TPSA) is 93.7 Å². The quantitative estimate of drug-likeness (QED) is 0.608. The summed E-state index contributed by atoms with van der Waals surface area (Å²) in [5.74, 6) is -0.818. The van der Waals surface area contributed by atoms with E-state index in [1.807, 2.05) is 28.8 Å². The molecule has 7 nitrogen and oxygen atoms in total. The van der Waals surface area contributed by atoms with Gasteiger partial charge in [-0.2, -0.15) is 0 Å². The number of hydrogen-bond donors (Lipinski definition) is 2. The van der Waals surface area contributed by atoms with Gasteiger partial charge in [0.1, 0.15) is 12.2 Å². The van der Waals surface area contributed by atoms with E-state index in [1.165, 1.54) is 13.2 Å². The van der Waals surface area contributed by atoms with Crippen molar-refractivity contribution in [3.63, 3.8) is 0 Å². The second kappa shape index (κ2) is 7.92. The van der Waals surface area contributed by atoms with Crippen molar-refractivity contribution in [2.45, 2.75) is 6.61 Å². The SMILES string of the molecule is COc1cccc(C=C2C(=O)NC(=O)NC2=O)c1OCc1ccccc1Cl. The minimum Gasteiger partial charge on any atom is -0.493 e. The molecule has 4 amide bonds. The summed E-state index contributed by atoms with van der Waals surface area (Å²) < 4.78 is 11.2. The fraction of sp³-hybridized carbons (Fsp3) is 0.105. The Hall–Kier alpha value is -3.32. The second-order valence-electron chi connectivity index (χ2n) is 5.55. The van der Waals surface area contributed by atoms with Crippen LogP contribution in [0.3, 0.4) is 0 Å². The Morgan fingerprint density at radius 3 is 2.37 bits per heavy atom. The van der Waals surface area contributed by atoms with Gasteiger partial charge in [0.25, 0.3) is 11.8 Å². The van der Waals surface area contributed by atoms with Crippen LogP contribution in [0.25, 0.3) is 6.08 Å². The molecule has 0 aromatic heterocycles. The minimum absolute atomic E-state index is 0.160. The highest BCUT2D eigenvalue weighted by Gasteiger charge is 2.28. The molecule has 3 rings (SSSR count). The number of nitrogens with one attached hydrogen (secondary N) is 2. The van der Waals surface area contributed by atoms with Crippen LogP contribution < -0.4 is 20.1 Å². The third-order valence-corrected chi connectivity index (χ3v) is 4.17. The summed E-state index contributed by atoms with van der Waals surface area (Å²) in [5, 5.41) is 4.60. The number of rotatable bonds is 5. The van der Waals surface area contributed by atoms with E-state index in [9.17, 15) is 14.4 Å². The molecule has 138 valence electrons. The lowest BCUT2D eigenvalue weighted by Gasteiger charge is -2.16. The van der Waals surface area contributed by atoms with E-state index in [0.29, 0.717) is 22.1 Å². The molecule has 1 heterocycles. The molecule has 1 fully saturated rings. The monoisotopic (exact) mass is 386 g/mol. The maximum atomic E-state index is 12.0. The number of benzene rings is 2. The summed E-state index contributed by atoms with van der Waals surface area (Å²) in [7, 11) is 1.48. The molecule has 0 bridgehead atoms. The van der Waals surface area contributed by atoms with Crippen LogP contribution in [0.2, 0.25) is 5.02 Å². The van der Waals surface area contributed by atoms with Gasteiger partial charge in [-0.25, -0.2) is 4.79 Å². The number of carbonyl (C=O) groups is 3. The molecular weight excluding hydrogens is 372 g/mol. The van der Waals surface area contributed by atoms with Crippen molar-refractivity contribution in [3.05, 3.63) is 64.2 Å². The van der Waals surface area contributed by atoms with E-state index in [4.69, 9.17) is 21.1 Å². The van der Waals surface area contributed by atoms with E-state index in [0.717, 1.165) is 5.56 Å². The van der Waals surface area contributed by atoms with Crippen LogP contribution in [0.5, 0.6) is 11.5 Å². The lowest BCUT2D eigenvalue weighted by molar-refractivity contribution is -0.123. The molecule has 1 aliphatic rings. The smallest absolute Gasteiger partial charge is 0.328 e. The predicted molar refractivity (Wildman–Crippen MR) is 98.4 cm³/mol. The number of urea groups is 1. The Bertz CT molecular complexity index is 933. The van der Waals surface area contributed by atoms with Crippen LogP contribution in [-0.2, 0) is 16.2 Å². The molecule has 0 unspecified atom stereocenters. The van der Waals surface area contributed by atoms with Gasteiger partial charge in [-0.3, -0.25) is 20.2 Å². The van der Waals surface area contributed by atoms with Gasteiger partial charge in [-0.1, -0.05) is 41.9 Å². The number of methoxy groups -OCH3 is 1. The van der Waals surface area contributed by atoms with Gasteiger partial charge < -0.3 is 9.47 Å². The van der Waals surface area contributed by atoms with Crippen molar-refractivity contribution in [1.29, 1.82) is 0 Å². The number of amides is 4. The van der Waals surface area contributed by atoms with Crippen molar-refractivity contribution in [2.75, 3.05) is 7.11 Å². The summed E-state index contributed by atoms with van der Waals surface area (Å²) in [6, 6.07) is 11.4. The summed E-state index contributed by atoms with van der Waals surface area (Å²) in [6.45, 7) is 0.160. The van der Waals surface area contributed by atoms with E-state index in [2.05, 4.69) is 0 Å². The highest BCUT2D eigenvalue weighted by atomic mass is 35.5. The van der Waals surface area contributed by atoms with E-state index < -0.39 is 17.8 Å². The van der Waals surface area contributed by atoms with Crippen LogP contribution >= 0.6 is 11.6 Å². The highest BCUT2D eigenvalue weighted by molar-refractivity contribution is 6.31. The molecule has 2 aromatic carbocycles. The molecule has 8 heteroatoms.